The lowest BCUT2D eigenvalue weighted by Crippen LogP contribution is -2.56. The molecule has 2 heterocycles. The molecule has 0 spiro atoms. The van der Waals surface area contributed by atoms with Crippen LogP contribution in [0.25, 0.3) is 0 Å². The normalized spacial score (nSPS) is 35.6. The van der Waals surface area contributed by atoms with Crippen LogP contribution in [0.1, 0.15) is 12.8 Å². The summed E-state index contributed by atoms with van der Waals surface area (Å²) < 4.78 is 35.1. The van der Waals surface area contributed by atoms with Gasteiger partial charge in [-0.1, -0.05) is 0 Å². The maximum atomic E-state index is 12.5. The first-order chi connectivity index (χ1) is 6.07. The summed E-state index contributed by atoms with van der Waals surface area (Å²) in [4.78, 5) is 1.95. The SMILES string of the molecule is O=S1(=O)CCCC(N2CC(F)C2)C1. The first-order valence-electron chi connectivity index (χ1n) is 4.65. The predicted octanol–water partition coefficient (Wildman–Crippen LogP) is 0.217. The van der Waals surface area contributed by atoms with E-state index in [0.29, 0.717) is 18.8 Å². The van der Waals surface area contributed by atoms with Gasteiger partial charge >= 0.3 is 0 Å². The van der Waals surface area contributed by atoms with Gasteiger partial charge in [-0.15, -0.1) is 0 Å². The van der Waals surface area contributed by atoms with E-state index < -0.39 is 16.0 Å². The van der Waals surface area contributed by atoms with Crippen LogP contribution in [-0.2, 0) is 9.84 Å². The molecule has 1 atom stereocenters. The van der Waals surface area contributed by atoms with Crippen molar-refractivity contribution in [3.8, 4) is 0 Å². The second-order valence-electron chi connectivity index (χ2n) is 3.96. The Bertz CT molecular complexity index is 285. The lowest BCUT2D eigenvalue weighted by atomic mass is 10.1. The maximum absolute atomic E-state index is 12.5. The van der Waals surface area contributed by atoms with Gasteiger partial charge in [-0.05, 0) is 12.8 Å². The molecule has 0 aromatic heterocycles. The molecule has 2 saturated heterocycles. The molecule has 76 valence electrons. The number of nitrogens with zero attached hydrogens (tertiary/aromatic N) is 1. The molecule has 5 heteroatoms. The minimum Gasteiger partial charge on any atom is -0.294 e. The van der Waals surface area contributed by atoms with Crippen LogP contribution in [-0.4, -0.2) is 50.1 Å². The van der Waals surface area contributed by atoms with Crippen LogP contribution in [0, 0.1) is 0 Å². The molecule has 3 nitrogen and oxygen atoms in total. The van der Waals surface area contributed by atoms with Crippen molar-refractivity contribution in [2.24, 2.45) is 0 Å². The number of hydrogen-bond donors (Lipinski definition) is 0. The Morgan fingerprint density at radius 3 is 2.54 bits per heavy atom. The van der Waals surface area contributed by atoms with Gasteiger partial charge in [0.15, 0.2) is 9.84 Å². The van der Waals surface area contributed by atoms with E-state index in [4.69, 9.17) is 0 Å². The Kier molecular flexibility index (Phi) is 2.32. The Morgan fingerprint density at radius 2 is 2.00 bits per heavy atom. The summed E-state index contributed by atoms with van der Waals surface area (Å²) >= 11 is 0. The summed E-state index contributed by atoms with van der Waals surface area (Å²) in [7, 11) is -2.83. The molecule has 2 aliphatic rings. The summed E-state index contributed by atoms with van der Waals surface area (Å²) in [5.74, 6) is 0.552. The first-order valence-corrected chi connectivity index (χ1v) is 6.47. The number of alkyl halides is 1. The Balaban J connectivity index is 1.94. The molecular formula is C8H14FNO2S. The third-order valence-corrected chi connectivity index (χ3v) is 4.62. The van der Waals surface area contributed by atoms with Crippen LogP contribution in [0.3, 0.4) is 0 Å². The highest BCUT2D eigenvalue weighted by molar-refractivity contribution is 7.91. The van der Waals surface area contributed by atoms with E-state index in [-0.39, 0.29) is 11.8 Å². The molecular weight excluding hydrogens is 193 g/mol. The van der Waals surface area contributed by atoms with Gasteiger partial charge in [-0.2, -0.15) is 0 Å². The second kappa shape index (κ2) is 3.20. The third-order valence-electron chi connectivity index (χ3n) is 2.82. The Morgan fingerprint density at radius 1 is 1.31 bits per heavy atom. The highest BCUT2D eigenvalue weighted by Crippen LogP contribution is 2.23. The summed E-state index contributed by atoms with van der Waals surface area (Å²) in [6, 6.07) is 0.0887. The Hall–Kier alpha value is -0.160. The quantitative estimate of drug-likeness (QED) is 0.617. The molecule has 13 heavy (non-hydrogen) atoms. The lowest BCUT2D eigenvalue weighted by molar-refractivity contribution is 0.0305. The lowest BCUT2D eigenvalue weighted by Gasteiger charge is -2.42. The highest BCUT2D eigenvalue weighted by Gasteiger charge is 2.36. The van der Waals surface area contributed by atoms with E-state index in [1.807, 2.05) is 4.90 Å². The van der Waals surface area contributed by atoms with Crippen LogP contribution in [0.4, 0.5) is 4.39 Å². The first kappa shape index (κ1) is 9.40. The topological polar surface area (TPSA) is 37.4 Å². The highest BCUT2D eigenvalue weighted by atomic mass is 32.2. The van der Waals surface area contributed by atoms with Crippen molar-refractivity contribution in [1.82, 2.24) is 4.90 Å². The molecule has 0 aromatic carbocycles. The Labute approximate surface area is 77.8 Å². The average Bonchev–Trinajstić information content (AvgIpc) is 1.97. The molecule has 0 saturated carbocycles. The molecule has 2 rings (SSSR count). The van der Waals surface area contributed by atoms with E-state index in [1.165, 1.54) is 0 Å². The van der Waals surface area contributed by atoms with E-state index in [9.17, 15) is 12.8 Å². The third kappa shape index (κ3) is 2.02. The van der Waals surface area contributed by atoms with Gasteiger partial charge in [-0.3, -0.25) is 4.90 Å². The van der Waals surface area contributed by atoms with E-state index >= 15 is 0 Å². The summed E-state index contributed by atoms with van der Waals surface area (Å²) in [6.45, 7) is 0.861. The van der Waals surface area contributed by atoms with Crippen LogP contribution in [0.15, 0.2) is 0 Å². The summed E-state index contributed by atoms with van der Waals surface area (Å²) in [5.41, 5.74) is 0. The average molecular weight is 207 g/mol. The van der Waals surface area contributed by atoms with E-state index in [2.05, 4.69) is 0 Å². The van der Waals surface area contributed by atoms with Crippen molar-refractivity contribution in [3.63, 3.8) is 0 Å². The molecule has 0 N–H and O–H groups in total. The van der Waals surface area contributed by atoms with Gasteiger partial charge in [0.05, 0.1) is 11.5 Å². The van der Waals surface area contributed by atoms with E-state index in [1.54, 1.807) is 0 Å². The minimum atomic E-state index is -2.83. The smallest absolute Gasteiger partial charge is 0.151 e. The van der Waals surface area contributed by atoms with E-state index in [0.717, 1.165) is 12.8 Å². The fraction of sp³-hybridized carbons (Fsp3) is 1.00. The standard InChI is InChI=1S/C8H14FNO2S/c9-7-4-10(5-7)8-2-1-3-13(11,12)6-8/h7-8H,1-6H2. The molecule has 0 amide bonds. The number of rotatable bonds is 1. The fourth-order valence-electron chi connectivity index (χ4n) is 2.04. The van der Waals surface area contributed by atoms with Crippen molar-refractivity contribution < 1.29 is 12.8 Å². The number of sulfone groups is 1. The number of halogens is 1. The van der Waals surface area contributed by atoms with Crippen LogP contribution < -0.4 is 0 Å². The minimum absolute atomic E-state index is 0.0887. The van der Waals surface area contributed by atoms with Crippen molar-refractivity contribution in [2.45, 2.75) is 25.1 Å². The second-order valence-corrected chi connectivity index (χ2v) is 6.19. The van der Waals surface area contributed by atoms with Crippen molar-refractivity contribution >= 4 is 9.84 Å². The molecule has 1 unspecified atom stereocenters. The molecule has 0 aliphatic carbocycles. The zero-order chi connectivity index (χ0) is 9.47. The van der Waals surface area contributed by atoms with Crippen LogP contribution in [0.2, 0.25) is 0 Å². The molecule has 0 bridgehead atoms. The molecule has 0 aromatic rings. The monoisotopic (exact) mass is 207 g/mol. The maximum Gasteiger partial charge on any atom is 0.151 e. The zero-order valence-corrected chi connectivity index (χ0v) is 8.26. The van der Waals surface area contributed by atoms with Gasteiger partial charge in [0, 0.05) is 19.1 Å². The van der Waals surface area contributed by atoms with Gasteiger partial charge in [-0.25, -0.2) is 12.8 Å². The van der Waals surface area contributed by atoms with Gasteiger partial charge in [0.25, 0.3) is 0 Å². The van der Waals surface area contributed by atoms with Crippen molar-refractivity contribution in [3.05, 3.63) is 0 Å². The largest absolute Gasteiger partial charge is 0.294 e. The number of likely N-dealkylation sites (tertiary alicyclic amines) is 1. The molecule has 2 aliphatic heterocycles. The van der Waals surface area contributed by atoms with Crippen molar-refractivity contribution in [1.29, 1.82) is 0 Å². The van der Waals surface area contributed by atoms with Crippen LogP contribution >= 0.6 is 0 Å². The number of hydrogen-bond acceptors (Lipinski definition) is 3. The summed E-state index contributed by atoms with van der Waals surface area (Å²) in [6.07, 6.45) is 0.913. The van der Waals surface area contributed by atoms with Crippen LogP contribution in [0.5, 0.6) is 0 Å². The zero-order valence-electron chi connectivity index (χ0n) is 7.45. The molecule has 0 radical (unpaired) electrons. The van der Waals surface area contributed by atoms with Gasteiger partial charge in [0.2, 0.25) is 0 Å². The summed E-state index contributed by atoms with van der Waals surface area (Å²) in [5, 5.41) is 0. The van der Waals surface area contributed by atoms with Gasteiger partial charge < -0.3 is 0 Å². The molecule has 2 fully saturated rings. The predicted molar refractivity (Wildman–Crippen MR) is 48.1 cm³/mol. The van der Waals surface area contributed by atoms with Gasteiger partial charge in [0.1, 0.15) is 6.17 Å². The van der Waals surface area contributed by atoms with Crippen molar-refractivity contribution in [2.75, 3.05) is 24.6 Å². The fourth-order valence-corrected chi connectivity index (χ4v) is 3.78.